The predicted molar refractivity (Wildman–Crippen MR) is 129 cm³/mol. The maximum absolute atomic E-state index is 13.1. The quantitative estimate of drug-likeness (QED) is 0.270. The van der Waals surface area contributed by atoms with Crippen molar-refractivity contribution in [3.05, 3.63) is 71.7 Å². The topological polar surface area (TPSA) is 99.2 Å². The highest BCUT2D eigenvalue weighted by molar-refractivity contribution is 7.98. The molecule has 3 rings (SSSR count). The fourth-order valence-corrected chi connectivity index (χ4v) is 3.57. The Bertz CT molecular complexity index is 1090. The van der Waals surface area contributed by atoms with Gasteiger partial charge in [0.15, 0.2) is 5.11 Å². The van der Waals surface area contributed by atoms with Gasteiger partial charge in [-0.1, -0.05) is 12.1 Å². The summed E-state index contributed by atoms with van der Waals surface area (Å²) in [4.78, 5) is 21.2. The van der Waals surface area contributed by atoms with Crippen LogP contribution in [0.3, 0.4) is 0 Å². The normalized spacial score (nSPS) is 11.5. The first kappa shape index (κ1) is 23.4. The Balaban J connectivity index is 1.71. The number of nitrogens with zero attached hydrogens (tertiary/aromatic N) is 2. The Morgan fingerprint density at radius 2 is 1.84 bits per heavy atom. The minimum Gasteiger partial charge on any atom is -0.481 e. The number of aryl methyl sites for hydroxylation is 1. The summed E-state index contributed by atoms with van der Waals surface area (Å²) in [7, 11) is 0. The molecule has 4 N–H and O–H groups in total. The minimum absolute atomic E-state index is 0.146. The molecule has 0 bridgehead atoms. The zero-order chi connectivity index (χ0) is 23.1. The average molecular weight is 472 g/mol. The molecule has 1 heterocycles. The Kier molecular flexibility index (Phi) is 7.96. The second-order valence-electron chi connectivity index (χ2n) is 6.87. The first-order chi connectivity index (χ1) is 15.3. The van der Waals surface area contributed by atoms with Crippen molar-refractivity contribution in [1.29, 1.82) is 0 Å². The number of carbonyl (C=O) groups is 1. The van der Waals surface area contributed by atoms with Crippen molar-refractivity contribution in [1.82, 2.24) is 15.3 Å². The van der Waals surface area contributed by atoms with Crippen molar-refractivity contribution in [3.8, 4) is 0 Å². The van der Waals surface area contributed by atoms with Crippen molar-refractivity contribution in [3.63, 3.8) is 0 Å². The van der Waals surface area contributed by atoms with E-state index in [0.717, 1.165) is 10.5 Å². The van der Waals surface area contributed by atoms with E-state index in [9.17, 15) is 14.3 Å². The van der Waals surface area contributed by atoms with E-state index in [1.54, 1.807) is 36.9 Å². The van der Waals surface area contributed by atoms with Gasteiger partial charge in [-0.3, -0.25) is 4.79 Å². The summed E-state index contributed by atoms with van der Waals surface area (Å²) in [6.45, 7) is 1.81. The van der Waals surface area contributed by atoms with Crippen LogP contribution in [0.2, 0.25) is 0 Å². The van der Waals surface area contributed by atoms with Crippen LogP contribution >= 0.6 is 24.0 Å². The molecular formula is C22H22FN5O2S2. The van der Waals surface area contributed by atoms with Crippen LogP contribution in [0.4, 0.5) is 21.8 Å². The third-order valence-corrected chi connectivity index (χ3v) is 5.36. The lowest BCUT2D eigenvalue weighted by atomic mass is 10.0. The van der Waals surface area contributed by atoms with Crippen LogP contribution in [0.15, 0.2) is 59.5 Å². The molecule has 1 atom stereocenters. The van der Waals surface area contributed by atoms with E-state index in [1.165, 1.54) is 12.1 Å². The van der Waals surface area contributed by atoms with E-state index in [-0.39, 0.29) is 23.3 Å². The van der Waals surface area contributed by atoms with Gasteiger partial charge in [-0.25, -0.2) is 9.37 Å². The van der Waals surface area contributed by atoms with Gasteiger partial charge in [0.2, 0.25) is 5.95 Å². The standard InChI is InChI=1S/C22H22FN5O2S2/c1-13-11-19(25-16-7-5-15(23)6-8-16)27-21(24-13)28-22(31)26-18(12-20(29)30)14-3-9-17(32-2)10-4-14/h3-11,18H,12H2,1-2H3,(H,29,30)(H3,24,25,26,27,28,31)/t18-/m0/s1. The van der Waals surface area contributed by atoms with Crippen LogP contribution in [0.5, 0.6) is 0 Å². The molecule has 3 aromatic rings. The molecule has 0 aliphatic heterocycles. The molecule has 2 aromatic carbocycles. The van der Waals surface area contributed by atoms with E-state index in [0.29, 0.717) is 17.2 Å². The molecule has 10 heteroatoms. The number of thioether (sulfide) groups is 1. The molecule has 0 saturated heterocycles. The predicted octanol–water partition coefficient (Wildman–Crippen LogP) is 4.89. The number of hydrogen-bond acceptors (Lipinski definition) is 6. The van der Waals surface area contributed by atoms with E-state index in [4.69, 9.17) is 12.2 Å². The smallest absolute Gasteiger partial charge is 0.305 e. The molecule has 0 amide bonds. The van der Waals surface area contributed by atoms with Gasteiger partial charge in [0, 0.05) is 22.3 Å². The first-order valence-electron chi connectivity index (χ1n) is 9.64. The maximum Gasteiger partial charge on any atom is 0.305 e. The van der Waals surface area contributed by atoms with Gasteiger partial charge in [-0.2, -0.15) is 4.98 Å². The highest BCUT2D eigenvalue weighted by atomic mass is 32.2. The van der Waals surface area contributed by atoms with E-state index in [1.807, 2.05) is 30.5 Å². The van der Waals surface area contributed by atoms with E-state index < -0.39 is 12.0 Å². The van der Waals surface area contributed by atoms with Gasteiger partial charge in [0.25, 0.3) is 0 Å². The molecule has 0 fully saturated rings. The van der Waals surface area contributed by atoms with Crippen LogP contribution in [-0.4, -0.2) is 32.4 Å². The molecule has 166 valence electrons. The molecule has 0 aliphatic carbocycles. The van der Waals surface area contributed by atoms with Crippen molar-refractivity contribution in [2.24, 2.45) is 0 Å². The van der Waals surface area contributed by atoms with Gasteiger partial charge in [0.05, 0.1) is 12.5 Å². The summed E-state index contributed by atoms with van der Waals surface area (Å²) in [5.74, 6) is -0.521. The third kappa shape index (κ3) is 6.89. The molecular weight excluding hydrogens is 449 g/mol. The maximum atomic E-state index is 13.1. The molecule has 0 radical (unpaired) electrons. The molecule has 0 unspecified atom stereocenters. The largest absolute Gasteiger partial charge is 0.481 e. The third-order valence-electron chi connectivity index (χ3n) is 4.40. The van der Waals surface area contributed by atoms with Gasteiger partial charge >= 0.3 is 5.97 Å². The van der Waals surface area contributed by atoms with Crippen LogP contribution in [0, 0.1) is 12.7 Å². The average Bonchev–Trinajstić information content (AvgIpc) is 2.74. The number of aromatic nitrogens is 2. The number of hydrogen-bond donors (Lipinski definition) is 4. The number of nitrogens with one attached hydrogen (secondary N) is 3. The fraction of sp³-hybridized carbons (Fsp3) is 0.182. The monoisotopic (exact) mass is 471 g/mol. The lowest BCUT2D eigenvalue weighted by Crippen LogP contribution is -2.34. The number of aliphatic carboxylic acids is 1. The zero-order valence-corrected chi connectivity index (χ0v) is 19.1. The second kappa shape index (κ2) is 10.9. The highest BCUT2D eigenvalue weighted by Crippen LogP contribution is 2.22. The van der Waals surface area contributed by atoms with Gasteiger partial charge in [-0.15, -0.1) is 11.8 Å². The summed E-state index contributed by atoms with van der Waals surface area (Å²) in [5, 5.41) is 18.6. The van der Waals surface area contributed by atoms with Crippen molar-refractivity contribution < 1.29 is 14.3 Å². The second-order valence-corrected chi connectivity index (χ2v) is 8.16. The van der Waals surface area contributed by atoms with Crippen molar-refractivity contribution >= 4 is 52.5 Å². The highest BCUT2D eigenvalue weighted by Gasteiger charge is 2.17. The lowest BCUT2D eigenvalue weighted by Gasteiger charge is -2.20. The van der Waals surface area contributed by atoms with Crippen LogP contribution in [0.25, 0.3) is 0 Å². The molecule has 0 spiro atoms. The fourth-order valence-electron chi connectivity index (χ4n) is 2.93. The number of rotatable bonds is 8. The Labute approximate surface area is 194 Å². The van der Waals surface area contributed by atoms with Crippen LogP contribution in [0.1, 0.15) is 23.7 Å². The van der Waals surface area contributed by atoms with Gasteiger partial charge in [0.1, 0.15) is 11.6 Å². The number of benzene rings is 2. The van der Waals surface area contributed by atoms with E-state index >= 15 is 0 Å². The summed E-state index contributed by atoms with van der Waals surface area (Å²) in [5.41, 5.74) is 2.16. The summed E-state index contributed by atoms with van der Waals surface area (Å²) in [6.07, 6.45) is 1.83. The molecule has 0 saturated carbocycles. The molecule has 1 aromatic heterocycles. The van der Waals surface area contributed by atoms with Crippen molar-refractivity contribution in [2.45, 2.75) is 24.3 Å². The molecule has 7 nitrogen and oxygen atoms in total. The molecule has 32 heavy (non-hydrogen) atoms. The zero-order valence-electron chi connectivity index (χ0n) is 17.4. The first-order valence-corrected chi connectivity index (χ1v) is 11.3. The Hall–Kier alpha value is -3.24. The van der Waals surface area contributed by atoms with Gasteiger partial charge in [-0.05, 0) is 67.4 Å². The number of carboxylic acid groups (broad SMARTS) is 1. The number of thiocarbonyl (C=S) groups is 1. The van der Waals surface area contributed by atoms with Gasteiger partial charge < -0.3 is 21.1 Å². The minimum atomic E-state index is -0.947. The molecule has 0 aliphatic rings. The SMILES string of the molecule is CSc1ccc([C@H](CC(=O)O)NC(=S)Nc2nc(C)cc(Nc3ccc(F)cc3)n2)cc1. The Morgan fingerprint density at radius 3 is 2.47 bits per heavy atom. The Morgan fingerprint density at radius 1 is 1.16 bits per heavy atom. The summed E-state index contributed by atoms with van der Waals surface area (Å²) in [6, 6.07) is 14.7. The number of anilines is 3. The summed E-state index contributed by atoms with van der Waals surface area (Å²) >= 11 is 6.99. The number of halogens is 1. The van der Waals surface area contributed by atoms with Crippen LogP contribution < -0.4 is 16.0 Å². The lowest BCUT2D eigenvalue weighted by molar-refractivity contribution is -0.137. The summed E-state index contributed by atoms with van der Waals surface area (Å²) < 4.78 is 13.1. The number of carboxylic acids is 1. The van der Waals surface area contributed by atoms with Crippen molar-refractivity contribution in [2.75, 3.05) is 16.9 Å². The van der Waals surface area contributed by atoms with Crippen LogP contribution in [-0.2, 0) is 4.79 Å². The van der Waals surface area contributed by atoms with E-state index in [2.05, 4.69) is 25.9 Å².